The number of ether oxygens (including phenoxy) is 1. The lowest BCUT2D eigenvalue weighted by Crippen LogP contribution is -2.15. The maximum absolute atomic E-state index is 5.91. The number of benzene rings is 1. The van der Waals surface area contributed by atoms with Gasteiger partial charge in [-0.1, -0.05) is 19.3 Å². The van der Waals surface area contributed by atoms with Gasteiger partial charge in [0.1, 0.15) is 6.33 Å². The Morgan fingerprint density at radius 1 is 1.16 bits per heavy atom. The van der Waals surface area contributed by atoms with Crippen molar-refractivity contribution in [2.45, 2.75) is 32.1 Å². The Hall–Kier alpha value is -1.84. The number of hydrogen-bond acceptors (Lipinski definition) is 4. The summed E-state index contributed by atoms with van der Waals surface area (Å²) in [5, 5.41) is 0.938. The maximum Gasteiger partial charge on any atom is 0.224 e. The van der Waals surface area contributed by atoms with Crippen LogP contribution in [0.4, 0.5) is 5.69 Å². The lowest BCUT2D eigenvalue weighted by molar-refractivity contribution is 0.205. The van der Waals surface area contributed by atoms with Gasteiger partial charge in [-0.2, -0.15) is 0 Å². The lowest BCUT2D eigenvalue weighted by atomic mass is 9.90. The first-order valence-corrected chi connectivity index (χ1v) is 6.96. The van der Waals surface area contributed by atoms with Crippen molar-refractivity contribution in [2.75, 3.05) is 12.3 Å². The van der Waals surface area contributed by atoms with Crippen LogP contribution in [0.15, 0.2) is 24.5 Å². The molecule has 1 aromatic carbocycles. The summed E-state index contributed by atoms with van der Waals surface area (Å²) in [6.45, 7) is 0.760. The Kier molecular flexibility index (Phi) is 3.49. The molecular formula is C15H19N3O. The monoisotopic (exact) mass is 257 g/mol. The van der Waals surface area contributed by atoms with Crippen LogP contribution in [-0.2, 0) is 0 Å². The summed E-state index contributed by atoms with van der Waals surface area (Å²) in [7, 11) is 0. The number of aromatic nitrogens is 2. The fourth-order valence-electron chi connectivity index (χ4n) is 2.71. The van der Waals surface area contributed by atoms with Gasteiger partial charge in [-0.15, -0.1) is 0 Å². The number of hydrogen-bond donors (Lipinski definition) is 1. The fraction of sp³-hybridized carbons (Fsp3) is 0.467. The summed E-state index contributed by atoms with van der Waals surface area (Å²) in [4.78, 5) is 8.47. The minimum absolute atomic E-state index is 0.674. The SMILES string of the molecule is Nc1ccc2c(OCC3CCCCC3)ncnc2c1. The Bertz CT molecular complexity index is 564. The van der Waals surface area contributed by atoms with Crippen molar-refractivity contribution in [3.63, 3.8) is 0 Å². The second kappa shape index (κ2) is 5.43. The zero-order chi connectivity index (χ0) is 13.1. The van der Waals surface area contributed by atoms with Gasteiger partial charge < -0.3 is 10.5 Å². The molecule has 0 saturated heterocycles. The van der Waals surface area contributed by atoms with Crippen molar-refractivity contribution in [1.29, 1.82) is 0 Å². The van der Waals surface area contributed by atoms with Crippen molar-refractivity contribution in [1.82, 2.24) is 9.97 Å². The van der Waals surface area contributed by atoms with Crippen LogP contribution < -0.4 is 10.5 Å². The first-order chi connectivity index (χ1) is 9.33. The molecule has 100 valence electrons. The summed E-state index contributed by atoms with van der Waals surface area (Å²) in [6, 6.07) is 5.64. The molecule has 4 heteroatoms. The Morgan fingerprint density at radius 3 is 2.84 bits per heavy atom. The summed E-state index contributed by atoms with van der Waals surface area (Å²) >= 11 is 0. The molecule has 2 aromatic rings. The lowest BCUT2D eigenvalue weighted by Gasteiger charge is -2.21. The number of fused-ring (bicyclic) bond motifs is 1. The number of nitrogens with two attached hydrogens (primary N) is 1. The summed E-state index contributed by atoms with van der Waals surface area (Å²) in [5.41, 5.74) is 7.32. The third-order valence-corrected chi connectivity index (χ3v) is 3.80. The van der Waals surface area contributed by atoms with Gasteiger partial charge >= 0.3 is 0 Å². The molecule has 0 spiro atoms. The highest BCUT2D eigenvalue weighted by molar-refractivity contribution is 5.85. The normalized spacial score (nSPS) is 16.6. The zero-order valence-corrected chi connectivity index (χ0v) is 11.0. The molecule has 0 atom stereocenters. The van der Waals surface area contributed by atoms with Gasteiger partial charge in [0, 0.05) is 5.69 Å². The molecule has 0 aliphatic heterocycles. The van der Waals surface area contributed by atoms with Crippen LogP contribution in [0.2, 0.25) is 0 Å². The van der Waals surface area contributed by atoms with Gasteiger partial charge in [-0.05, 0) is 37.0 Å². The number of rotatable bonds is 3. The van der Waals surface area contributed by atoms with Gasteiger partial charge in [0.05, 0.1) is 17.5 Å². The summed E-state index contributed by atoms with van der Waals surface area (Å²) in [5.74, 6) is 1.35. The summed E-state index contributed by atoms with van der Waals surface area (Å²) < 4.78 is 5.91. The smallest absolute Gasteiger partial charge is 0.224 e. The highest BCUT2D eigenvalue weighted by Gasteiger charge is 2.15. The second-order valence-corrected chi connectivity index (χ2v) is 5.27. The number of nitrogen functional groups attached to an aromatic ring is 1. The van der Waals surface area contributed by atoms with E-state index in [1.807, 2.05) is 18.2 Å². The average Bonchev–Trinajstić information content (AvgIpc) is 2.45. The van der Waals surface area contributed by atoms with Crippen molar-refractivity contribution in [3.8, 4) is 5.88 Å². The summed E-state index contributed by atoms with van der Waals surface area (Å²) in [6.07, 6.45) is 8.11. The molecule has 1 heterocycles. The molecule has 4 nitrogen and oxygen atoms in total. The molecule has 19 heavy (non-hydrogen) atoms. The van der Waals surface area contributed by atoms with Crippen molar-refractivity contribution in [2.24, 2.45) is 5.92 Å². The topological polar surface area (TPSA) is 61.0 Å². The van der Waals surface area contributed by atoms with E-state index in [0.717, 1.165) is 17.5 Å². The molecule has 1 aromatic heterocycles. The van der Waals surface area contributed by atoms with Crippen LogP contribution in [0.3, 0.4) is 0 Å². The Balaban J connectivity index is 1.76. The third kappa shape index (κ3) is 2.78. The molecule has 0 amide bonds. The molecular weight excluding hydrogens is 238 g/mol. The molecule has 1 saturated carbocycles. The number of anilines is 1. The van der Waals surface area contributed by atoms with Gasteiger partial charge in [-0.25, -0.2) is 9.97 Å². The second-order valence-electron chi connectivity index (χ2n) is 5.27. The van der Waals surface area contributed by atoms with Crippen LogP contribution in [0.25, 0.3) is 10.9 Å². The highest BCUT2D eigenvalue weighted by atomic mass is 16.5. The van der Waals surface area contributed by atoms with E-state index in [0.29, 0.717) is 17.5 Å². The van der Waals surface area contributed by atoms with E-state index in [1.165, 1.54) is 38.4 Å². The fourth-order valence-corrected chi connectivity index (χ4v) is 2.71. The first-order valence-electron chi connectivity index (χ1n) is 6.96. The molecule has 1 aliphatic rings. The van der Waals surface area contributed by atoms with E-state index in [1.54, 1.807) is 0 Å². The van der Waals surface area contributed by atoms with Gasteiger partial charge in [0.2, 0.25) is 5.88 Å². The molecule has 2 N–H and O–H groups in total. The minimum atomic E-state index is 0.674. The van der Waals surface area contributed by atoms with Gasteiger partial charge in [-0.3, -0.25) is 0 Å². The van der Waals surface area contributed by atoms with E-state index in [4.69, 9.17) is 10.5 Å². The van der Waals surface area contributed by atoms with E-state index in [-0.39, 0.29) is 0 Å². The van der Waals surface area contributed by atoms with E-state index >= 15 is 0 Å². The minimum Gasteiger partial charge on any atom is -0.477 e. The molecule has 3 rings (SSSR count). The van der Waals surface area contributed by atoms with E-state index in [9.17, 15) is 0 Å². The zero-order valence-electron chi connectivity index (χ0n) is 11.0. The van der Waals surface area contributed by atoms with Crippen molar-refractivity contribution >= 4 is 16.6 Å². The molecule has 0 radical (unpaired) electrons. The van der Waals surface area contributed by atoms with E-state index in [2.05, 4.69) is 9.97 Å². The number of nitrogens with zero attached hydrogens (tertiary/aromatic N) is 2. The predicted molar refractivity (Wildman–Crippen MR) is 76.0 cm³/mol. The van der Waals surface area contributed by atoms with Gasteiger partial charge in [0.15, 0.2) is 0 Å². The largest absolute Gasteiger partial charge is 0.477 e. The maximum atomic E-state index is 5.91. The molecule has 0 bridgehead atoms. The van der Waals surface area contributed by atoms with Crippen LogP contribution in [-0.4, -0.2) is 16.6 Å². The van der Waals surface area contributed by atoms with Gasteiger partial charge in [0.25, 0.3) is 0 Å². The molecule has 1 fully saturated rings. The predicted octanol–water partition coefficient (Wildman–Crippen LogP) is 3.17. The van der Waals surface area contributed by atoms with Crippen LogP contribution in [0, 0.1) is 5.92 Å². The quantitative estimate of drug-likeness (QED) is 0.858. The third-order valence-electron chi connectivity index (χ3n) is 3.80. The Morgan fingerprint density at radius 2 is 2.00 bits per heavy atom. The first kappa shape index (κ1) is 12.2. The van der Waals surface area contributed by atoms with Crippen LogP contribution in [0.1, 0.15) is 32.1 Å². The van der Waals surface area contributed by atoms with Crippen molar-refractivity contribution in [3.05, 3.63) is 24.5 Å². The standard InChI is InChI=1S/C15H19N3O/c16-12-6-7-13-14(8-12)17-10-18-15(13)19-9-11-4-2-1-3-5-11/h6-8,10-11H,1-5,9,16H2. The average molecular weight is 257 g/mol. The highest BCUT2D eigenvalue weighted by Crippen LogP contribution is 2.27. The van der Waals surface area contributed by atoms with Crippen molar-refractivity contribution < 1.29 is 4.74 Å². The molecule has 0 unspecified atom stereocenters. The Labute approximate surface area is 113 Å². The molecule has 1 aliphatic carbocycles. The van der Waals surface area contributed by atoms with E-state index < -0.39 is 0 Å². The van der Waals surface area contributed by atoms with Crippen LogP contribution in [0.5, 0.6) is 5.88 Å². The van der Waals surface area contributed by atoms with Crippen LogP contribution >= 0.6 is 0 Å².